The summed E-state index contributed by atoms with van der Waals surface area (Å²) in [6.07, 6.45) is 2.82. The molecule has 2 fully saturated rings. The zero-order valence-electron chi connectivity index (χ0n) is 9.17. The molecular formula is C11H16O4. The van der Waals surface area contributed by atoms with E-state index in [1.807, 2.05) is 0 Å². The van der Waals surface area contributed by atoms with Gasteiger partial charge in [-0.15, -0.1) is 0 Å². The number of ether oxygens (including phenoxy) is 2. The molecule has 15 heavy (non-hydrogen) atoms. The van der Waals surface area contributed by atoms with E-state index in [1.165, 1.54) is 0 Å². The molecule has 0 unspecified atom stereocenters. The molecular weight excluding hydrogens is 196 g/mol. The van der Waals surface area contributed by atoms with Gasteiger partial charge in [-0.2, -0.15) is 0 Å². The lowest BCUT2D eigenvalue weighted by molar-refractivity contribution is -0.258. The molecule has 1 heterocycles. The molecule has 0 radical (unpaired) electrons. The third kappa shape index (κ3) is 2.13. The molecule has 2 aliphatic rings. The number of esters is 2. The molecule has 4 nitrogen and oxygen atoms in total. The summed E-state index contributed by atoms with van der Waals surface area (Å²) in [5.74, 6) is -1.85. The summed E-state index contributed by atoms with van der Waals surface area (Å²) in [5, 5.41) is 0. The molecule has 0 aromatic carbocycles. The number of carbonyl (C=O) groups excluding carboxylic acids is 2. The van der Waals surface area contributed by atoms with Crippen molar-refractivity contribution in [1.29, 1.82) is 0 Å². The number of carbonyl (C=O) groups is 2. The van der Waals surface area contributed by atoms with Gasteiger partial charge < -0.3 is 9.47 Å². The van der Waals surface area contributed by atoms with E-state index >= 15 is 0 Å². The summed E-state index contributed by atoms with van der Waals surface area (Å²) >= 11 is 0. The largest absolute Gasteiger partial charge is 0.422 e. The molecule has 1 aliphatic carbocycles. The number of hydrogen-bond acceptors (Lipinski definition) is 4. The summed E-state index contributed by atoms with van der Waals surface area (Å²) < 4.78 is 10.4. The Kier molecular flexibility index (Phi) is 2.24. The Bertz CT molecular complexity index is 278. The molecule has 84 valence electrons. The Morgan fingerprint density at radius 2 is 1.40 bits per heavy atom. The van der Waals surface area contributed by atoms with Gasteiger partial charge in [-0.25, -0.2) is 0 Å². The SMILES string of the molecule is CC1(C)CCC2(CC1)OC(=O)CC(=O)O2. The third-order valence-corrected chi connectivity index (χ3v) is 3.25. The molecule has 0 N–H and O–H groups in total. The van der Waals surface area contributed by atoms with Crippen molar-refractivity contribution in [2.24, 2.45) is 5.41 Å². The summed E-state index contributed by atoms with van der Waals surface area (Å²) in [5.41, 5.74) is 0.252. The zero-order chi connectivity index (χ0) is 11.1. The second-order valence-corrected chi connectivity index (χ2v) is 5.20. The van der Waals surface area contributed by atoms with Gasteiger partial charge in [-0.3, -0.25) is 9.59 Å². The molecule has 1 spiro atoms. The van der Waals surface area contributed by atoms with E-state index in [0.29, 0.717) is 12.8 Å². The van der Waals surface area contributed by atoms with Crippen molar-refractivity contribution in [3.63, 3.8) is 0 Å². The third-order valence-electron chi connectivity index (χ3n) is 3.25. The lowest BCUT2D eigenvalue weighted by atomic mass is 9.75. The predicted octanol–water partition coefficient (Wildman–Crippen LogP) is 1.77. The van der Waals surface area contributed by atoms with E-state index in [9.17, 15) is 9.59 Å². The van der Waals surface area contributed by atoms with Gasteiger partial charge in [0.15, 0.2) is 0 Å². The molecule has 0 amide bonds. The van der Waals surface area contributed by atoms with Gasteiger partial charge in [0, 0.05) is 12.8 Å². The van der Waals surface area contributed by atoms with E-state index in [1.54, 1.807) is 0 Å². The topological polar surface area (TPSA) is 52.6 Å². The first-order valence-electron chi connectivity index (χ1n) is 5.35. The van der Waals surface area contributed by atoms with Crippen molar-refractivity contribution < 1.29 is 19.1 Å². The molecule has 1 saturated carbocycles. The van der Waals surface area contributed by atoms with Crippen LogP contribution in [0.15, 0.2) is 0 Å². The molecule has 1 saturated heterocycles. The first-order chi connectivity index (χ1) is 6.91. The van der Waals surface area contributed by atoms with E-state index in [0.717, 1.165) is 12.8 Å². The normalized spacial score (nSPS) is 28.4. The molecule has 0 atom stereocenters. The molecule has 4 heteroatoms. The highest BCUT2D eigenvalue weighted by atomic mass is 16.7. The van der Waals surface area contributed by atoms with Gasteiger partial charge in [-0.1, -0.05) is 13.8 Å². The van der Waals surface area contributed by atoms with E-state index in [-0.39, 0.29) is 11.8 Å². The van der Waals surface area contributed by atoms with Gasteiger partial charge >= 0.3 is 11.9 Å². The first kappa shape index (κ1) is 10.5. The number of hydrogen-bond donors (Lipinski definition) is 0. The minimum absolute atomic E-state index is 0.245. The van der Waals surface area contributed by atoms with Crippen molar-refractivity contribution in [2.75, 3.05) is 0 Å². The van der Waals surface area contributed by atoms with Crippen LogP contribution in [0.5, 0.6) is 0 Å². The predicted molar refractivity (Wildman–Crippen MR) is 51.8 cm³/mol. The van der Waals surface area contributed by atoms with E-state index in [4.69, 9.17) is 9.47 Å². The maximum Gasteiger partial charge on any atom is 0.320 e. The lowest BCUT2D eigenvalue weighted by Gasteiger charge is -2.43. The van der Waals surface area contributed by atoms with Crippen LogP contribution in [0.2, 0.25) is 0 Å². The van der Waals surface area contributed by atoms with Crippen LogP contribution < -0.4 is 0 Å². The van der Waals surface area contributed by atoms with Crippen LogP contribution in [0.1, 0.15) is 46.0 Å². The van der Waals surface area contributed by atoms with Gasteiger partial charge in [0.2, 0.25) is 0 Å². The summed E-state index contributed by atoms with van der Waals surface area (Å²) in [6.45, 7) is 4.35. The molecule has 1 aliphatic heterocycles. The van der Waals surface area contributed by atoms with E-state index in [2.05, 4.69) is 13.8 Å². The minimum atomic E-state index is -0.943. The van der Waals surface area contributed by atoms with Crippen molar-refractivity contribution in [3.05, 3.63) is 0 Å². The van der Waals surface area contributed by atoms with Crippen molar-refractivity contribution in [1.82, 2.24) is 0 Å². The van der Waals surface area contributed by atoms with Gasteiger partial charge in [0.1, 0.15) is 6.42 Å². The van der Waals surface area contributed by atoms with Gasteiger partial charge in [-0.05, 0) is 18.3 Å². The Morgan fingerprint density at radius 3 is 1.87 bits per heavy atom. The Balaban J connectivity index is 2.08. The fourth-order valence-electron chi connectivity index (χ4n) is 2.14. The van der Waals surface area contributed by atoms with Crippen molar-refractivity contribution >= 4 is 11.9 Å². The molecule has 2 rings (SSSR count). The highest BCUT2D eigenvalue weighted by Gasteiger charge is 2.47. The molecule has 0 aromatic rings. The van der Waals surface area contributed by atoms with Crippen molar-refractivity contribution in [3.8, 4) is 0 Å². The number of rotatable bonds is 0. The maximum absolute atomic E-state index is 11.2. The Morgan fingerprint density at radius 1 is 0.933 bits per heavy atom. The van der Waals surface area contributed by atoms with Crippen LogP contribution >= 0.6 is 0 Å². The fraction of sp³-hybridized carbons (Fsp3) is 0.818. The van der Waals surface area contributed by atoms with Gasteiger partial charge in [0.05, 0.1) is 0 Å². The quantitative estimate of drug-likeness (QED) is 0.453. The zero-order valence-corrected chi connectivity index (χ0v) is 9.17. The monoisotopic (exact) mass is 212 g/mol. The highest BCUT2D eigenvalue weighted by molar-refractivity contribution is 5.93. The lowest BCUT2D eigenvalue weighted by Crippen LogP contribution is -2.48. The second-order valence-electron chi connectivity index (χ2n) is 5.20. The minimum Gasteiger partial charge on any atom is -0.422 e. The van der Waals surface area contributed by atoms with Crippen LogP contribution in [-0.4, -0.2) is 17.7 Å². The Hall–Kier alpha value is -1.06. The standard InChI is InChI=1S/C11H16O4/c1-10(2)3-5-11(6-4-10)14-8(12)7-9(13)15-11/h3-7H2,1-2H3. The van der Waals surface area contributed by atoms with Crippen LogP contribution in [0.3, 0.4) is 0 Å². The van der Waals surface area contributed by atoms with Crippen LogP contribution in [0, 0.1) is 5.41 Å². The highest BCUT2D eigenvalue weighted by Crippen LogP contribution is 2.43. The smallest absolute Gasteiger partial charge is 0.320 e. The van der Waals surface area contributed by atoms with Crippen LogP contribution in [0.4, 0.5) is 0 Å². The van der Waals surface area contributed by atoms with E-state index < -0.39 is 17.7 Å². The van der Waals surface area contributed by atoms with Gasteiger partial charge in [0.25, 0.3) is 5.79 Å². The molecule has 0 aromatic heterocycles. The average Bonchev–Trinajstić information content (AvgIpc) is 2.10. The fourth-order valence-corrected chi connectivity index (χ4v) is 2.14. The maximum atomic E-state index is 11.2. The molecule has 0 bridgehead atoms. The average molecular weight is 212 g/mol. The Labute approximate surface area is 88.9 Å². The summed E-state index contributed by atoms with van der Waals surface area (Å²) in [4.78, 5) is 22.4. The summed E-state index contributed by atoms with van der Waals surface area (Å²) in [6, 6.07) is 0. The van der Waals surface area contributed by atoms with Crippen LogP contribution in [0.25, 0.3) is 0 Å². The summed E-state index contributed by atoms with van der Waals surface area (Å²) in [7, 11) is 0. The first-order valence-corrected chi connectivity index (χ1v) is 5.35. The van der Waals surface area contributed by atoms with Crippen LogP contribution in [-0.2, 0) is 19.1 Å². The second kappa shape index (κ2) is 3.22. The van der Waals surface area contributed by atoms with Crippen molar-refractivity contribution in [2.45, 2.75) is 51.7 Å².